The van der Waals surface area contributed by atoms with E-state index in [0.717, 1.165) is 32.0 Å². The predicted molar refractivity (Wildman–Crippen MR) is 83.2 cm³/mol. The van der Waals surface area contributed by atoms with Gasteiger partial charge in [-0.3, -0.25) is 9.89 Å². The van der Waals surface area contributed by atoms with Crippen LogP contribution in [0.4, 0.5) is 0 Å². The summed E-state index contributed by atoms with van der Waals surface area (Å²) in [5, 5.41) is 6.76. The lowest BCUT2D eigenvalue weighted by Crippen LogP contribution is -2.46. The molecular weight excluding hydrogens is 327 g/mol. The number of halogens is 1. The maximum atomic E-state index is 4.44. The van der Waals surface area contributed by atoms with Crippen molar-refractivity contribution < 1.29 is 0 Å². The molecule has 2 aliphatic rings. The Labute approximate surface area is 122 Å². The summed E-state index contributed by atoms with van der Waals surface area (Å²) in [6, 6.07) is 0.714. The highest BCUT2D eigenvalue weighted by Gasteiger charge is 2.23. The van der Waals surface area contributed by atoms with Crippen LogP contribution in [0.5, 0.6) is 0 Å². The van der Waals surface area contributed by atoms with Crippen LogP contribution < -0.4 is 10.6 Å². The molecular formula is C12H25IN4. The standard InChI is InChI=1S/C12H24N4.HI/c1-2-8-16-9-3-5-11(16)10-15-12-13-6-4-7-14-12;/h11H,2-10H2,1H3,(H2,13,14,15);1H/t11-;/m0./s1. The van der Waals surface area contributed by atoms with Crippen molar-refractivity contribution in [3.63, 3.8) is 0 Å². The number of nitrogens with zero attached hydrogens (tertiary/aromatic N) is 2. The first kappa shape index (κ1) is 15.0. The minimum absolute atomic E-state index is 0. The second-order valence-electron chi connectivity index (χ2n) is 4.72. The van der Waals surface area contributed by atoms with Gasteiger partial charge in [0.1, 0.15) is 0 Å². The smallest absolute Gasteiger partial charge is 0.191 e. The fourth-order valence-corrected chi connectivity index (χ4v) is 2.57. The quantitative estimate of drug-likeness (QED) is 0.752. The van der Waals surface area contributed by atoms with Crippen LogP contribution in [0, 0.1) is 0 Å². The van der Waals surface area contributed by atoms with Crippen LogP contribution in [0.25, 0.3) is 0 Å². The van der Waals surface area contributed by atoms with E-state index in [4.69, 9.17) is 0 Å². The Bertz CT molecular complexity index is 245. The third-order valence-corrected chi connectivity index (χ3v) is 3.41. The number of hydrogen-bond acceptors (Lipinski definition) is 4. The number of nitrogens with one attached hydrogen (secondary N) is 2. The second kappa shape index (κ2) is 8.13. The molecule has 0 saturated carbocycles. The summed E-state index contributed by atoms with van der Waals surface area (Å²) in [6.45, 7) is 7.86. The molecule has 100 valence electrons. The van der Waals surface area contributed by atoms with E-state index in [-0.39, 0.29) is 24.0 Å². The lowest BCUT2D eigenvalue weighted by atomic mass is 10.2. The molecule has 1 fully saturated rings. The number of guanidine groups is 1. The van der Waals surface area contributed by atoms with E-state index < -0.39 is 0 Å². The largest absolute Gasteiger partial charge is 0.356 e. The van der Waals surface area contributed by atoms with Crippen molar-refractivity contribution in [2.24, 2.45) is 4.99 Å². The Balaban J connectivity index is 0.00000144. The van der Waals surface area contributed by atoms with Gasteiger partial charge in [0.15, 0.2) is 5.96 Å². The number of hydrogen-bond donors (Lipinski definition) is 2. The molecule has 0 aliphatic carbocycles. The summed E-state index contributed by atoms with van der Waals surface area (Å²) in [5.41, 5.74) is 0. The van der Waals surface area contributed by atoms with E-state index in [9.17, 15) is 0 Å². The molecule has 0 aromatic carbocycles. The highest BCUT2D eigenvalue weighted by molar-refractivity contribution is 14.0. The molecule has 2 aliphatic heterocycles. The molecule has 17 heavy (non-hydrogen) atoms. The number of aliphatic imine (C=N–C) groups is 1. The van der Waals surface area contributed by atoms with Gasteiger partial charge >= 0.3 is 0 Å². The normalized spacial score (nSPS) is 24.8. The van der Waals surface area contributed by atoms with Crippen molar-refractivity contribution in [2.75, 3.05) is 32.7 Å². The molecule has 1 saturated heterocycles. The molecule has 0 amide bonds. The Morgan fingerprint density at radius 2 is 2.35 bits per heavy atom. The summed E-state index contributed by atoms with van der Waals surface area (Å²) < 4.78 is 0. The van der Waals surface area contributed by atoms with E-state index in [2.05, 4.69) is 27.4 Å². The Morgan fingerprint density at radius 1 is 1.47 bits per heavy atom. The van der Waals surface area contributed by atoms with Gasteiger partial charge in [-0.2, -0.15) is 0 Å². The van der Waals surface area contributed by atoms with E-state index in [1.54, 1.807) is 0 Å². The minimum atomic E-state index is 0. The average molecular weight is 352 g/mol. The molecule has 0 aromatic rings. The molecule has 4 nitrogen and oxygen atoms in total. The van der Waals surface area contributed by atoms with Gasteiger partial charge in [-0.25, -0.2) is 0 Å². The first-order valence-electron chi connectivity index (χ1n) is 6.66. The summed E-state index contributed by atoms with van der Waals surface area (Å²) in [5.74, 6) is 1.01. The van der Waals surface area contributed by atoms with Gasteiger partial charge in [0.25, 0.3) is 0 Å². The van der Waals surface area contributed by atoms with Gasteiger partial charge in [0, 0.05) is 25.7 Å². The lowest BCUT2D eigenvalue weighted by molar-refractivity contribution is 0.254. The summed E-state index contributed by atoms with van der Waals surface area (Å²) in [4.78, 5) is 7.04. The first-order chi connectivity index (χ1) is 7.90. The first-order valence-corrected chi connectivity index (χ1v) is 6.66. The van der Waals surface area contributed by atoms with E-state index in [0.29, 0.717) is 6.04 Å². The van der Waals surface area contributed by atoms with Gasteiger partial charge < -0.3 is 10.6 Å². The molecule has 2 rings (SSSR count). The molecule has 0 aromatic heterocycles. The lowest BCUT2D eigenvalue weighted by Gasteiger charge is -2.25. The van der Waals surface area contributed by atoms with Gasteiger partial charge in [-0.05, 0) is 38.8 Å². The van der Waals surface area contributed by atoms with Crippen LogP contribution >= 0.6 is 24.0 Å². The maximum absolute atomic E-state index is 4.44. The molecule has 2 N–H and O–H groups in total. The molecule has 0 radical (unpaired) electrons. The average Bonchev–Trinajstić information content (AvgIpc) is 2.76. The SMILES string of the molecule is CCCN1CCC[C@H]1CNC1=NCCCN1.I. The molecule has 5 heteroatoms. The summed E-state index contributed by atoms with van der Waals surface area (Å²) >= 11 is 0. The highest BCUT2D eigenvalue weighted by Crippen LogP contribution is 2.16. The van der Waals surface area contributed by atoms with Gasteiger partial charge in [-0.15, -0.1) is 24.0 Å². The minimum Gasteiger partial charge on any atom is -0.356 e. The van der Waals surface area contributed by atoms with Crippen molar-refractivity contribution in [1.82, 2.24) is 15.5 Å². The summed E-state index contributed by atoms with van der Waals surface area (Å²) in [7, 11) is 0. The van der Waals surface area contributed by atoms with Crippen LogP contribution in [-0.4, -0.2) is 49.6 Å². The van der Waals surface area contributed by atoms with Crippen molar-refractivity contribution in [3.8, 4) is 0 Å². The zero-order valence-electron chi connectivity index (χ0n) is 10.7. The van der Waals surface area contributed by atoms with Crippen molar-refractivity contribution in [2.45, 2.75) is 38.6 Å². The van der Waals surface area contributed by atoms with Crippen molar-refractivity contribution in [3.05, 3.63) is 0 Å². The molecule has 1 atom stereocenters. The van der Waals surface area contributed by atoms with Crippen LogP contribution in [0.2, 0.25) is 0 Å². The van der Waals surface area contributed by atoms with Crippen molar-refractivity contribution in [1.29, 1.82) is 0 Å². The fourth-order valence-electron chi connectivity index (χ4n) is 2.57. The third kappa shape index (κ3) is 4.62. The van der Waals surface area contributed by atoms with E-state index >= 15 is 0 Å². The van der Waals surface area contributed by atoms with Gasteiger partial charge in [-0.1, -0.05) is 6.92 Å². The highest BCUT2D eigenvalue weighted by atomic mass is 127. The zero-order chi connectivity index (χ0) is 11.2. The Morgan fingerprint density at radius 3 is 3.06 bits per heavy atom. The maximum Gasteiger partial charge on any atom is 0.191 e. The Kier molecular flexibility index (Phi) is 7.18. The zero-order valence-corrected chi connectivity index (χ0v) is 13.1. The van der Waals surface area contributed by atoms with Crippen LogP contribution in [0.3, 0.4) is 0 Å². The number of rotatable bonds is 4. The summed E-state index contributed by atoms with van der Waals surface area (Å²) in [6.07, 6.45) is 5.11. The van der Waals surface area contributed by atoms with Crippen molar-refractivity contribution >= 4 is 29.9 Å². The fraction of sp³-hybridized carbons (Fsp3) is 0.917. The van der Waals surface area contributed by atoms with Gasteiger partial charge in [0.05, 0.1) is 0 Å². The monoisotopic (exact) mass is 352 g/mol. The van der Waals surface area contributed by atoms with Gasteiger partial charge in [0.2, 0.25) is 0 Å². The third-order valence-electron chi connectivity index (χ3n) is 3.41. The number of likely N-dealkylation sites (tertiary alicyclic amines) is 1. The molecule has 2 heterocycles. The molecule has 0 bridgehead atoms. The Hall–Kier alpha value is -0.0400. The molecule has 0 spiro atoms. The topological polar surface area (TPSA) is 39.7 Å². The predicted octanol–water partition coefficient (Wildman–Crippen LogP) is 1.42. The van der Waals surface area contributed by atoms with Crippen LogP contribution in [-0.2, 0) is 0 Å². The van der Waals surface area contributed by atoms with E-state index in [1.165, 1.54) is 32.4 Å². The van der Waals surface area contributed by atoms with Crippen LogP contribution in [0.1, 0.15) is 32.6 Å². The van der Waals surface area contributed by atoms with E-state index in [1.807, 2.05) is 0 Å². The van der Waals surface area contributed by atoms with Crippen LogP contribution in [0.15, 0.2) is 4.99 Å². The second-order valence-corrected chi connectivity index (χ2v) is 4.72. The molecule has 0 unspecified atom stereocenters.